The second-order valence-corrected chi connectivity index (χ2v) is 5.45. The zero-order chi connectivity index (χ0) is 10.3. The van der Waals surface area contributed by atoms with E-state index in [9.17, 15) is 0 Å². The van der Waals surface area contributed by atoms with Crippen molar-refractivity contribution in [1.82, 2.24) is 4.90 Å². The molecule has 0 aromatic rings. The second kappa shape index (κ2) is 4.04. The molecule has 3 nitrogen and oxygen atoms in total. The molecule has 3 saturated heterocycles. The van der Waals surface area contributed by atoms with Crippen LogP contribution in [0.25, 0.3) is 0 Å². The average Bonchev–Trinajstić information content (AvgIpc) is 2.77. The number of fused-ring (bicyclic) bond motifs is 2. The van der Waals surface area contributed by atoms with Gasteiger partial charge in [0.05, 0.1) is 6.10 Å². The van der Waals surface area contributed by atoms with Gasteiger partial charge in [0.25, 0.3) is 0 Å². The molecule has 0 aliphatic carbocycles. The largest absolute Gasteiger partial charge is 0.377 e. The highest BCUT2D eigenvalue weighted by molar-refractivity contribution is 4.97. The lowest BCUT2D eigenvalue weighted by Gasteiger charge is -2.38. The highest BCUT2D eigenvalue weighted by Crippen LogP contribution is 2.35. The summed E-state index contributed by atoms with van der Waals surface area (Å²) in [6, 6.07) is 1.99. The maximum atomic E-state index is 6.07. The topological polar surface area (TPSA) is 38.5 Å². The zero-order valence-electron chi connectivity index (χ0n) is 9.40. The molecule has 3 unspecified atom stereocenters. The first-order valence-corrected chi connectivity index (χ1v) is 6.46. The van der Waals surface area contributed by atoms with E-state index in [4.69, 9.17) is 10.5 Å². The fourth-order valence-corrected chi connectivity index (χ4v) is 3.64. The predicted octanol–water partition coefficient (Wildman–Crippen LogP) is 1.12. The molecule has 2 N–H and O–H groups in total. The zero-order valence-corrected chi connectivity index (χ0v) is 9.40. The molecule has 0 spiro atoms. The van der Waals surface area contributed by atoms with Crippen LogP contribution in [-0.4, -0.2) is 42.3 Å². The van der Waals surface area contributed by atoms with Crippen molar-refractivity contribution in [3.8, 4) is 0 Å². The van der Waals surface area contributed by atoms with Crippen LogP contribution in [0.5, 0.6) is 0 Å². The molecule has 3 heterocycles. The van der Waals surface area contributed by atoms with Gasteiger partial charge in [-0.15, -0.1) is 0 Å². The van der Waals surface area contributed by atoms with Crippen LogP contribution >= 0.6 is 0 Å². The van der Waals surface area contributed by atoms with E-state index in [0.717, 1.165) is 18.7 Å². The van der Waals surface area contributed by atoms with Crippen LogP contribution in [0.15, 0.2) is 0 Å². The molecule has 0 aromatic carbocycles. The summed E-state index contributed by atoms with van der Waals surface area (Å²) < 4.78 is 5.73. The Labute approximate surface area is 91.9 Å². The van der Waals surface area contributed by atoms with Gasteiger partial charge in [-0.3, -0.25) is 4.90 Å². The Kier molecular flexibility index (Phi) is 2.71. The van der Waals surface area contributed by atoms with E-state index in [1.165, 1.54) is 45.1 Å². The van der Waals surface area contributed by atoms with Gasteiger partial charge >= 0.3 is 0 Å². The Bertz CT molecular complexity index is 214. The Morgan fingerprint density at radius 2 is 1.87 bits per heavy atom. The van der Waals surface area contributed by atoms with Crippen molar-refractivity contribution < 1.29 is 4.74 Å². The van der Waals surface area contributed by atoms with E-state index in [-0.39, 0.29) is 0 Å². The number of nitrogens with zero attached hydrogens (tertiary/aromatic N) is 1. The minimum absolute atomic E-state index is 0.461. The average molecular weight is 210 g/mol. The molecule has 2 bridgehead atoms. The van der Waals surface area contributed by atoms with Gasteiger partial charge in [-0.1, -0.05) is 0 Å². The third kappa shape index (κ3) is 1.93. The lowest BCUT2D eigenvalue weighted by molar-refractivity contribution is 0.0368. The van der Waals surface area contributed by atoms with Gasteiger partial charge < -0.3 is 10.5 Å². The Hall–Kier alpha value is -0.120. The maximum absolute atomic E-state index is 6.07. The number of nitrogens with two attached hydrogens (primary N) is 1. The lowest BCUT2D eigenvalue weighted by Crippen LogP contribution is -2.49. The van der Waals surface area contributed by atoms with Crippen molar-refractivity contribution in [2.24, 2.45) is 5.73 Å². The molecule has 0 saturated carbocycles. The van der Waals surface area contributed by atoms with Crippen LogP contribution < -0.4 is 5.73 Å². The lowest BCUT2D eigenvalue weighted by atomic mass is 9.97. The molecule has 0 amide bonds. The first-order valence-electron chi connectivity index (χ1n) is 6.46. The number of rotatable bonds is 2. The molecule has 15 heavy (non-hydrogen) atoms. The summed E-state index contributed by atoms with van der Waals surface area (Å²) >= 11 is 0. The summed E-state index contributed by atoms with van der Waals surface area (Å²) in [6.45, 7) is 2.15. The Morgan fingerprint density at radius 1 is 1.13 bits per heavy atom. The fourth-order valence-electron chi connectivity index (χ4n) is 3.64. The fraction of sp³-hybridized carbons (Fsp3) is 1.00. The van der Waals surface area contributed by atoms with Gasteiger partial charge in [0, 0.05) is 31.3 Å². The highest BCUT2D eigenvalue weighted by Gasteiger charge is 2.40. The number of hydrogen-bond donors (Lipinski definition) is 1. The number of ether oxygens (including phenoxy) is 1. The van der Waals surface area contributed by atoms with Crippen LogP contribution in [-0.2, 0) is 4.74 Å². The molecular formula is C12H22N2O. The molecule has 3 heteroatoms. The highest BCUT2D eigenvalue weighted by atomic mass is 16.5. The molecule has 0 aromatic heterocycles. The summed E-state index contributed by atoms with van der Waals surface area (Å²) in [4.78, 5) is 2.69. The molecule has 3 rings (SSSR count). The van der Waals surface area contributed by atoms with Crippen molar-refractivity contribution in [3.05, 3.63) is 0 Å². The van der Waals surface area contributed by atoms with Gasteiger partial charge in [0.2, 0.25) is 0 Å². The van der Waals surface area contributed by atoms with Crippen LogP contribution in [0.3, 0.4) is 0 Å². The van der Waals surface area contributed by atoms with E-state index in [0.29, 0.717) is 12.1 Å². The summed E-state index contributed by atoms with van der Waals surface area (Å²) in [5.41, 5.74) is 6.07. The van der Waals surface area contributed by atoms with E-state index in [1.807, 2.05) is 0 Å². The van der Waals surface area contributed by atoms with Crippen molar-refractivity contribution in [1.29, 1.82) is 0 Å². The smallest absolute Gasteiger partial charge is 0.0703 e. The molecule has 3 fully saturated rings. The third-order valence-corrected chi connectivity index (χ3v) is 4.36. The van der Waals surface area contributed by atoms with Crippen LogP contribution in [0.2, 0.25) is 0 Å². The van der Waals surface area contributed by atoms with E-state index < -0.39 is 0 Å². The van der Waals surface area contributed by atoms with Gasteiger partial charge in [-0.2, -0.15) is 0 Å². The van der Waals surface area contributed by atoms with Crippen molar-refractivity contribution >= 4 is 0 Å². The van der Waals surface area contributed by atoms with Crippen LogP contribution in [0, 0.1) is 0 Å². The van der Waals surface area contributed by atoms with Crippen molar-refractivity contribution in [3.63, 3.8) is 0 Å². The van der Waals surface area contributed by atoms with Crippen molar-refractivity contribution in [2.45, 2.75) is 62.8 Å². The van der Waals surface area contributed by atoms with Gasteiger partial charge in [-0.25, -0.2) is 0 Å². The Morgan fingerprint density at radius 3 is 2.47 bits per heavy atom. The minimum Gasteiger partial charge on any atom is -0.377 e. The van der Waals surface area contributed by atoms with Gasteiger partial charge in [0.1, 0.15) is 0 Å². The first-order chi connectivity index (χ1) is 7.33. The first kappa shape index (κ1) is 10.1. The summed E-state index contributed by atoms with van der Waals surface area (Å²) in [7, 11) is 0. The SMILES string of the molecule is NC1CC2CCC(C1)N2CC1CCCO1. The summed E-state index contributed by atoms with van der Waals surface area (Å²) in [6.07, 6.45) is 8.19. The standard InChI is InChI=1S/C12H22N2O/c13-9-6-10-3-4-11(7-9)14(10)8-12-2-1-5-15-12/h9-12H,1-8,13H2. The minimum atomic E-state index is 0.461. The summed E-state index contributed by atoms with van der Waals surface area (Å²) in [5, 5.41) is 0. The third-order valence-electron chi connectivity index (χ3n) is 4.36. The molecule has 86 valence electrons. The van der Waals surface area contributed by atoms with Crippen LogP contribution in [0.1, 0.15) is 38.5 Å². The maximum Gasteiger partial charge on any atom is 0.0703 e. The van der Waals surface area contributed by atoms with Gasteiger partial charge in [0.15, 0.2) is 0 Å². The normalized spacial score (nSPS) is 46.2. The monoisotopic (exact) mass is 210 g/mol. The predicted molar refractivity (Wildman–Crippen MR) is 59.7 cm³/mol. The van der Waals surface area contributed by atoms with Gasteiger partial charge in [-0.05, 0) is 38.5 Å². The summed E-state index contributed by atoms with van der Waals surface area (Å²) in [5.74, 6) is 0. The Balaban J connectivity index is 1.61. The number of hydrogen-bond acceptors (Lipinski definition) is 3. The van der Waals surface area contributed by atoms with E-state index in [1.54, 1.807) is 0 Å². The molecule has 3 atom stereocenters. The molecule has 0 radical (unpaired) electrons. The molecule has 3 aliphatic heterocycles. The van der Waals surface area contributed by atoms with E-state index in [2.05, 4.69) is 4.90 Å². The molecular weight excluding hydrogens is 188 g/mol. The quantitative estimate of drug-likeness (QED) is 0.742. The number of piperidine rings is 1. The molecule has 3 aliphatic rings. The second-order valence-electron chi connectivity index (χ2n) is 5.45. The van der Waals surface area contributed by atoms with E-state index >= 15 is 0 Å². The van der Waals surface area contributed by atoms with Crippen molar-refractivity contribution in [2.75, 3.05) is 13.2 Å². The van der Waals surface area contributed by atoms with Crippen LogP contribution in [0.4, 0.5) is 0 Å².